The summed E-state index contributed by atoms with van der Waals surface area (Å²) in [7, 11) is 0. The highest BCUT2D eigenvalue weighted by atomic mass is 16.6. The molecule has 0 saturated carbocycles. The predicted octanol–water partition coefficient (Wildman–Crippen LogP) is 3.11. The van der Waals surface area contributed by atoms with Crippen molar-refractivity contribution in [3.63, 3.8) is 0 Å². The third kappa shape index (κ3) is 3.92. The van der Waals surface area contributed by atoms with E-state index < -0.39 is 4.92 Å². The highest BCUT2D eigenvalue weighted by Gasteiger charge is 2.12. The van der Waals surface area contributed by atoms with Crippen LogP contribution < -0.4 is 5.32 Å². The average molecular weight is 341 g/mol. The SMILES string of the molecule is O=[N+]([O-])c1cccc(-c2cc3c(NCCCCCO)ncnc3[nH]2)c1. The minimum atomic E-state index is -0.411. The van der Waals surface area contributed by atoms with Crippen LogP contribution in [0.5, 0.6) is 0 Å². The van der Waals surface area contributed by atoms with Gasteiger partial charge in [0.05, 0.1) is 10.3 Å². The number of benzene rings is 1. The van der Waals surface area contributed by atoms with Crippen LogP contribution in [-0.4, -0.2) is 38.1 Å². The van der Waals surface area contributed by atoms with Crippen LogP contribution in [0.25, 0.3) is 22.3 Å². The second kappa shape index (κ2) is 7.71. The normalized spacial score (nSPS) is 10.9. The number of non-ortho nitro benzene ring substituents is 1. The summed E-state index contributed by atoms with van der Waals surface area (Å²) in [5.74, 6) is 0.724. The number of aliphatic hydroxyl groups is 1. The lowest BCUT2D eigenvalue weighted by molar-refractivity contribution is -0.384. The highest BCUT2D eigenvalue weighted by Crippen LogP contribution is 2.28. The van der Waals surface area contributed by atoms with Crippen LogP contribution in [0.2, 0.25) is 0 Å². The number of aliphatic hydroxyl groups excluding tert-OH is 1. The van der Waals surface area contributed by atoms with E-state index in [0.29, 0.717) is 5.65 Å². The number of hydrogen-bond acceptors (Lipinski definition) is 6. The first kappa shape index (κ1) is 16.8. The molecular formula is C17H19N5O3. The second-order valence-corrected chi connectivity index (χ2v) is 5.69. The Morgan fingerprint density at radius 1 is 1.20 bits per heavy atom. The first-order valence-corrected chi connectivity index (χ1v) is 8.12. The lowest BCUT2D eigenvalue weighted by atomic mass is 10.1. The molecule has 0 fully saturated rings. The Balaban J connectivity index is 1.83. The number of nitrogens with one attached hydrogen (secondary N) is 2. The zero-order valence-corrected chi connectivity index (χ0v) is 13.6. The van der Waals surface area contributed by atoms with Crippen LogP contribution in [0.1, 0.15) is 19.3 Å². The van der Waals surface area contributed by atoms with E-state index in [1.807, 2.05) is 12.1 Å². The number of H-pyrrole nitrogens is 1. The molecule has 3 aromatic rings. The van der Waals surface area contributed by atoms with Crippen LogP contribution >= 0.6 is 0 Å². The summed E-state index contributed by atoms with van der Waals surface area (Å²) in [6.45, 7) is 0.964. The fourth-order valence-electron chi connectivity index (χ4n) is 2.64. The molecule has 0 aliphatic carbocycles. The summed E-state index contributed by atoms with van der Waals surface area (Å²) in [6, 6.07) is 8.36. The molecule has 1 aromatic carbocycles. The number of nitrogens with zero attached hydrogens (tertiary/aromatic N) is 3. The summed E-state index contributed by atoms with van der Waals surface area (Å²) in [5.41, 5.74) is 2.20. The second-order valence-electron chi connectivity index (χ2n) is 5.69. The maximum absolute atomic E-state index is 11.0. The first-order chi connectivity index (χ1) is 12.2. The van der Waals surface area contributed by atoms with Crippen LogP contribution in [-0.2, 0) is 0 Å². The number of nitro benzene ring substituents is 1. The van der Waals surface area contributed by atoms with E-state index >= 15 is 0 Å². The van der Waals surface area contributed by atoms with Gasteiger partial charge in [-0.1, -0.05) is 12.1 Å². The zero-order chi connectivity index (χ0) is 17.6. The average Bonchev–Trinajstić information content (AvgIpc) is 3.07. The van der Waals surface area contributed by atoms with Crippen LogP contribution in [0.3, 0.4) is 0 Å². The van der Waals surface area contributed by atoms with Crippen molar-refractivity contribution >= 4 is 22.5 Å². The molecule has 0 radical (unpaired) electrons. The number of aromatic amines is 1. The van der Waals surface area contributed by atoms with Gasteiger partial charge in [0.15, 0.2) is 0 Å². The van der Waals surface area contributed by atoms with Crippen LogP contribution in [0.15, 0.2) is 36.7 Å². The molecule has 2 heterocycles. The smallest absolute Gasteiger partial charge is 0.270 e. The maximum Gasteiger partial charge on any atom is 0.270 e. The van der Waals surface area contributed by atoms with Crippen LogP contribution in [0, 0.1) is 10.1 Å². The number of aromatic nitrogens is 3. The Morgan fingerprint density at radius 2 is 2.08 bits per heavy atom. The minimum absolute atomic E-state index is 0.0458. The van der Waals surface area contributed by atoms with Gasteiger partial charge in [0.1, 0.15) is 17.8 Å². The van der Waals surface area contributed by atoms with Gasteiger partial charge in [0, 0.05) is 36.5 Å². The number of anilines is 1. The van der Waals surface area contributed by atoms with E-state index in [4.69, 9.17) is 5.11 Å². The topological polar surface area (TPSA) is 117 Å². The standard InChI is InChI=1S/C17H19N5O3/c23-8-3-1-2-7-18-16-14-10-15(21-17(14)20-11-19-16)12-5-4-6-13(9-12)22(24)25/h4-6,9-11,23H,1-3,7-8H2,(H2,18,19,20,21). The minimum Gasteiger partial charge on any atom is -0.396 e. The van der Waals surface area contributed by atoms with Gasteiger partial charge < -0.3 is 15.4 Å². The molecule has 0 spiro atoms. The summed E-state index contributed by atoms with van der Waals surface area (Å²) in [5, 5.41) is 23.9. The summed E-state index contributed by atoms with van der Waals surface area (Å²) in [6.07, 6.45) is 4.16. The van der Waals surface area contributed by atoms with E-state index in [2.05, 4.69) is 20.3 Å². The Morgan fingerprint density at radius 3 is 2.88 bits per heavy atom. The van der Waals surface area contributed by atoms with Crippen molar-refractivity contribution in [2.45, 2.75) is 19.3 Å². The lowest BCUT2D eigenvalue weighted by Crippen LogP contribution is -2.04. The number of rotatable bonds is 8. The van der Waals surface area contributed by atoms with Crippen LogP contribution in [0.4, 0.5) is 11.5 Å². The van der Waals surface area contributed by atoms with E-state index in [1.54, 1.807) is 6.07 Å². The van der Waals surface area contributed by atoms with Crippen molar-refractivity contribution in [1.82, 2.24) is 15.0 Å². The molecule has 0 amide bonds. The third-order valence-corrected chi connectivity index (χ3v) is 3.92. The van der Waals surface area contributed by atoms with Gasteiger partial charge in [-0.15, -0.1) is 0 Å². The highest BCUT2D eigenvalue weighted by molar-refractivity contribution is 5.91. The van der Waals surface area contributed by atoms with E-state index in [1.165, 1.54) is 18.5 Å². The number of nitro groups is 1. The predicted molar refractivity (Wildman–Crippen MR) is 95.4 cm³/mol. The van der Waals surface area contributed by atoms with Gasteiger partial charge in [0.2, 0.25) is 0 Å². The van der Waals surface area contributed by atoms with Crippen molar-refractivity contribution in [2.24, 2.45) is 0 Å². The zero-order valence-electron chi connectivity index (χ0n) is 13.6. The van der Waals surface area contributed by atoms with Gasteiger partial charge in [-0.3, -0.25) is 10.1 Å². The van der Waals surface area contributed by atoms with Crippen molar-refractivity contribution in [2.75, 3.05) is 18.5 Å². The van der Waals surface area contributed by atoms with E-state index in [0.717, 1.165) is 48.3 Å². The van der Waals surface area contributed by atoms with Gasteiger partial charge in [-0.25, -0.2) is 9.97 Å². The molecule has 8 heteroatoms. The molecule has 8 nitrogen and oxygen atoms in total. The number of hydrogen-bond donors (Lipinski definition) is 3. The fourth-order valence-corrected chi connectivity index (χ4v) is 2.64. The lowest BCUT2D eigenvalue weighted by Gasteiger charge is -2.05. The third-order valence-electron chi connectivity index (χ3n) is 3.92. The van der Waals surface area contributed by atoms with Gasteiger partial charge in [-0.2, -0.15) is 0 Å². The Hall–Kier alpha value is -3.00. The monoisotopic (exact) mass is 341 g/mol. The van der Waals surface area contributed by atoms with E-state index in [-0.39, 0.29) is 12.3 Å². The number of fused-ring (bicyclic) bond motifs is 1. The van der Waals surface area contributed by atoms with Gasteiger partial charge >= 0.3 is 0 Å². The Bertz CT molecular complexity index is 878. The molecule has 0 aliphatic rings. The van der Waals surface area contributed by atoms with E-state index in [9.17, 15) is 10.1 Å². The molecule has 0 bridgehead atoms. The first-order valence-electron chi connectivity index (χ1n) is 8.12. The van der Waals surface area contributed by atoms with Crippen molar-refractivity contribution < 1.29 is 10.0 Å². The van der Waals surface area contributed by atoms with Crippen molar-refractivity contribution in [1.29, 1.82) is 0 Å². The Labute approximate surface area is 144 Å². The maximum atomic E-state index is 11.0. The molecule has 3 rings (SSSR count). The van der Waals surface area contributed by atoms with Gasteiger partial charge in [-0.05, 0) is 25.3 Å². The number of unbranched alkanes of at least 4 members (excludes halogenated alkanes) is 2. The molecule has 25 heavy (non-hydrogen) atoms. The Kier molecular flexibility index (Phi) is 5.20. The molecule has 3 N–H and O–H groups in total. The molecule has 0 aliphatic heterocycles. The van der Waals surface area contributed by atoms with Gasteiger partial charge in [0.25, 0.3) is 5.69 Å². The largest absolute Gasteiger partial charge is 0.396 e. The summed E-state index contributed by atoms with van der Waals surface area (Å²) in [4.78, 5) is 22.2. The summed E-state index contributed by atoms with van der Waals surface area (Å²) >= 11 is 0. The molecule has 0 unspecified atom stereocenters. The quantitative estimate of drug-likeness (QED) is 0.329. The molecular weight excluding hydrogens is 322 g/mol. The summed E-state index contributed by atoms with van der Waals surface area (Å²) < 4.78 is 0. The fraction of sp³-hybridized carbons (Fsp3) is 0.294. The molecule has 0 atom stereocenters. The molecule has 130 valence electrons. The van der Waals surface area contributed by atoms with Crippen molar-refractivity contribution in [3.8, 4) is 11.3 Å². The van der Waals surface area contributed by atoms with Crippen molar-refractivity contribution in [3.05, 3.63) is 46.8 Å². The molecule has 0 saturated heterocycles. The molecule has 2 aromatic heterocycles.